The van der Waals surface area contributed by atoms with E-state index in [1.807, 2.05) is 6.07 Å². The average Bonchev–Trinajstić information content (AvgIpc) is 3.78. The first-order chi connectivity index (χ1) is 25.4. The number of fused-ring (bicyclic) bond motifs is 1. The Bertz CT molecular complexity index is 1660. The SMILES string of the molecule is CS(=O)(=O)N[C@H](CCC1CCCCC1)C(=O)N1C[C@H](OC(=O)N2CCCCC2)C[C@H]1C(=O)C[C@@H](CC1CCC(N)CC1)C(=O)c1nc2ccccc2o1. The van der Waals surface area contributed by atoms with Crippen LogP contribution in [0.3, 0.4) is 0 Å². The van der Waals surface area contributed by atoms with Gasteiger partial charge in [0.1, 0.15) is 17.7 Å². The van der Waals surface area contributed by atoms with E-state index >= 15 is 0 Å². The normalized spacial score (nSPS) is 25.6. The van der Waals surface area contributed by atoms with Crippen molar-refractivity contribution in [3.8, 4) is 0 Å². The van der Waals surface area contributed by atoms with Gasteiger partial charge in [-0.25, -0.2) is 22.9 Å². The number of oxazole rings is 1. The van der Waals surface area contributed by atoms with Gasteiger partial charge in [0.15, 0.2) is 11.4 Å². The molecule has 2 saturated carbocycles. The minimum Gasteiger partial charge on any atom is -0.444 e. The van der Waals surface area contributed by atoms with E-state index in [0.29, 0.717) is 49.4 Å². The average molecular weight is 756 g/mol. The van der Waals surface area contributed by atoms with E-state index in [1.165, 1.54) is 11.3 Å². The number of nitrogens with one attached hydrogen (secondary N) is 1. The van der Waals surface area contributed by atoms with Gasteiger partial charge in [0, 0.05) is 37.9 Å². The Hall–Kier alpha value is -3.36. The number of carbonyl (C=O) groups is 4. The largest absolute Gasteiger partial charge is 0.444 e. The zero-order chi connectivity index (χ0) is 37.5. The molecule has 2 aliphatic carbocycles. The Balaban J connectivity index is 1.24. The van der Waals surface area contributed by atoms with Gasteiger partial charge in [-0.2, -0.15) is 0 Å². The van der Waals surface area contributed by atoms with Crippen LogP contribution >= 0.6 is 0 Å². The number of nitrogens with two attached hydrogens (primary N) is 1. The van der Waals surface area contributed by atoms with E-state index in [-0.39, 0.29) is 48.8 Å². The summed E-state index contributed by atoms with van der Waals surface area (Å²) in [4.78, 5) is 63.8. The summed E-state index contributed by atoms with van der Waals surface area (Å²) in [7, 11) is -3.77. The molecule has 0 radical (unpaired) electrons. The Morgan fingerprint density at radius 1 is 0.962 bits per heavy atom. The summed E-state index contributed by atoms with van der Waals surface area (Å²) in [6, 6.07) is 5.17. The van der Waals surface area contributed by atoms with Gasteiger partial charge in [0.25, 0.3) is 5.89 Å². The number of Topliss-reactive ketones (excluding diaryl/α,β-unsaturated/α-hetero) is 2. The predicted octanol–water partition coefficient (Wildman–Crippen LogP) is 5.36. The summed E-state index contributed by atoms with van der Waals surface area (Å²) in [5.74, 6) is -1.42. The van der Waals surface area contributed by atoms with Gasteiger partial charge in [-0.05, 0) is 88.2 Å². The van der Waals surface area contributed by atoms with Crippen molar-refractivity contribution in [2.24, 2.45) is 23.5 Å². The minimum absolute atomic E-state index is 0.0373. The number of rotatable bonds is 14. The molecule has 2 saturated heterocycles. The van der Waals surface area contributed by atoms with Crippen molar-refractivity contribution >= 4 is 44.7 Å². The molecule has 3 heterocycles. The quantitative estimate of drug-likeness (QED) is 0.238. The third-order valence-corrected chi connectivity index (χ3v) is 12.6. The smallest absolute Gasteiger partial charge is 0.410 e. The van der Waals surface area contributed by atoms with Crippen LogP contribution in [-0.2, 0) is 24.3 Å². The number of ketones is 2. The molecule has 6 rings (SSSR count). The van der Waals surface area contributed by atoms with Crippen LogP contribution in [-0.4, -0.2) is 96.9 Å². The van der Waals surface area contributed by atoms with Crippen molar-refractivity contribution in [2.75, 3.05) is 25.9 Å². The fourth-order valence-corrected chi connectivity index (χ4v) is 9.67. The number of aromatic nitrogens is 1. The highest BCUT2D eigenvalue weighted by molar-refractivity contribution is 7.88. The van der Waals surface area contributed by atoms with E-state index in [1.54, 1.807) is 23.1 Å². The predicted molar refractivity (Wildman–Crippen MR) is 199 cm³/mol. The maximum atomic E-state index is 14.5. The molecule has 0 unspecified atom stereocenters. The highest BCUT2D eigenvalue weighted by atomic mass is 32.2. The lowest BCUT2D eigenvalue weighted by Gasteiger charge is -2.31. The van der Waals surface area contributed by atoms with E-state index in [0.717, 1.165) is 76.9 Å². The Morgan fingerprint density at radius 2 is 1.66 bits per heavy atom. The zero-order valence-corrected chi connectivity index (χ0v) is 31.9. The molecule has 3 N–H and O–H groups in total. The molecule has 0 bridgehead atoms. The van der Waals surface area contributed by atoms with Gasteiger partial charge in [-0.1, -0.05) is 44.2 Å². The van der Waals surface area contributed by atoms with Gasteiger partial charge >= 0.3 is 6.09 Å². The molecule has 53 heavy (non-hydrogen) atoms. The first-order valence-corrected chi connectivity index (χ1v) is 21.7. The standard InChI is InChI=1S/C39H57N5O8S/c1-53(49,50)42-32(19-16-26-10-4-2-5-11-26)38(47)44-25-30(51-39(48)43-20-8-3-9-21-43)24-33(44)34(45)23-28(22-27-14-17-29(40)18-15-27)36(46)37-41-31-12-6-7-13-35(31)52-37/h6-7,12-13,26-30,32-33,42H,2-5,8-11,14-25,40H2,1H3/t27?,28-,29?,30-,32-,33+/m1/s1. The van der Waals surface area contributed by atoms with Crippen LogP contribution in [0.5, 0.6) is 0 Å². The van der Waals surface area contributed by atoms with Crippen LogP contribution in [0.25, 0.3) is 11.1 Å². The van der Waals surface area contributed by atoms with Crippen LogP contribution in [0.4, 0.5) is 4.79 Å². The summed E-state index contributed by atoms with van der Waals surface area (Å²) in [5.41, 5.74) is 7.21. The molecule has 292 valence electrons. The number of sulfonamides is 1. The van der Waals surface area contributed by atoms with Gasteiger partial charge in [-0.3, -0.25) is 14.4 Å². The molecule has 1 aromatic heterocycles. The van der Waals surface area contributed by atoms with E-state index < -0.39 is 46.1 Å². The second kappa shape index (κ2) is 17.9. The molecule has 4 atom stereocenters. The second-order valence-electron chi connectivity index (χ2n) is 16.1. The van der Waals surface area contributed by atoms with E-state index in [2.05, 4.69) is 9.71 Å². The lowest BCUT2D eigenvalue weighted by molar-refractivity contribution is -0.139. The van der Waals surface area contributed by atoms with Gasteiger partial charge in [0.05, 0.1) is 18.8 Å². The van der Waals surface area contributed by atoms with Gasteiger partial charge in [-0.15, -0.1) is 0 Å². The zero-order valence-electron chi connectivity index (χ0n) is 31.1. The highest BCUT2D eigenvalue weighted by Gasteiger charge is 2.45. The van der Waals surface area contributed by atoms with Crippen molar-refractivity contribution in [3.63, 3.8) is 0 Å². The summed E-state index contributed by atoms with van der Waals surface area (Å²) < 4.78 is 39.5. The number of hydrogen-bond donors (Lipinski definition) is 2. The summed E-state index contributed by atoms with van der Waals surface area (Å²) in [6.45, 7) is 1.14. The number of carbonyl (C=O) groups excluding carboxylic acids is 4. The third kappa shape index (κ3) is 10.7. The van der Waals surface area contributed by atoms with Crippen molar-refractivity contribution < 1.29 is 36.7 Å². The highest BCUT2D eigenvalue weighted by Crippen LogP contribution is 2.34. The van der Waals surface area contributed by atoms with E-state index in [4.69, 9.17) is 14.9 Å². The molecule has 4 fully saturated rings. The van der Waals surface area contributed by atoms with Crippen LogP contribution in [0.15, 0.2) is 28.7 Å². The Labute approximate surface area is 313 Å². The number of likely N-dealkylation sites (tertiary alicyclic amines) is 2. The molecule has 0 spiro atoms. The van der Waals surface area contributed by atoms with Crippen molar-refractivity contribution in [3.05, 3.63) is 30.2 Å². The summed E-state index contributed by atoms with van der Waals surface area (Å²) >= 11 is 0. The number of nitrogens with zero attached hydrogens (tertiary/aromatic N) is 3. The number of ether oxygens (including phenoxy) is 1. The van der Waals surface area contributed by atoms with E-state index in [9.17, 15) is 27.6 Å². The van der Waals surface area contributed by atoms with Crippen LogP contribution in [0, 0.1) is 17.8 Å². The van der Waals surface area contributed by atoms with Gasteiger partial charge in [0.2, 0.25) is 21.7 Å². The lowest BCUT2D eigenvalue weighted by Crippen LogP contribution is -2.52. The van der Waals surface area contributed by atoms with Crippen LogP contribution in [0.2, 0.25) is 0 Å². The van der Waals surface area contributed by atoms with Crippen LogP contribution < -0.4 is 10.5 Å². The molecule has 14 heteroatoms. The molecule has 2 aliphatic heterocycles. The molecular formula is C39H57N5O8S. The molecule has 1 aromatic carbocycles. The Morgan fingerprint density at radius 3 is 2.36 bits per heavy atom. The number of piperidine rings is 1. The summed E-state index contributed by atoms with van der Waals surface area (Å²) in [5, 5.41) is 0. The van der Waals surface area contributed by atoms with Crippen molar-refractivity contribution in [1.82, 2.24) is 19.5 Å². The minimum atomic E-state index is -3.77. The number of para-hydroxylation sites is 2. The molecule has 2 amide bonds. The number of amides is 2. The first kappa shape index (κ1) is 39.3. The second-order valence-corrected chi connectivity index (χ2v) is 17.8. The van der Waals surface area contributed by atoms with Crippen LogP contribution in [0.1, 0.15) is 120 Å². The third-order valence-electron chi connectivity index (χ3n) is 11.9. The fraction of sp³-hybridized carbons (Fsp3) is 0.718. The summed E-state index contributed by atoms with van der Waals surface area (Å²) in [6.07, 6.45) is 12.8. The number of benzene rings is 1. The van der Waals surface area contributed by atoms with Gasteiger partial charge < -0.3 is 24.7 Å². The van der Waals surface area contributed by atoms with Crippen molar-refractivity contribution in [1.29, 1.82) is 0 Å². The topological polar surface area (TPSA) is 182 Å². The molecule has 4 aliphatic rings. The van der Waals surface area contributed by atoms with Crippen molar-refractivity contribution in [2.45, 2.75) is 133 Å². The maximum absolute atomic E-state index is 14.5. The first-order valence-electron chi connectivity index (χ1n) is 19.8. The number of hydrogen-bond acceptors (Lipinski definition) is 10. The molecular weight excluding hydrogens is 699 g/mol. The molecule has 13 nitrogen and oxygen atoms in total. The molecule has 2 aromatic rings. The fourth-order valence-electron chi connectivity index (χ4n) is 8.94. The maximum Gasteiger partial charge on any atom is 0.410 e. The lowest BCUT2D eigenvalue weighted by atomic mass is 9.78. The Kier molecular flexibility index (Phi) is 13.2. The monoisotopic (exact) mass is 755 g/mol.